The molecule has 2 bridgehead atoms. The molecule has 0 aromatic carbocycles. The molecular weight excluding hydrogens is 268 g/mol. The molecule has 110 valence electrons. The predicted octanol–water partition coefficient (Wildman–Crippen LogP) is 1.44. The summed E-state index contributed by atoms with van der Waals surface area (Å²) in [6.07, 6.45) is 4.16. The van der Waals surface area contributed by atoms with Crippen molar-refractivity contribution >= 4 is 18.5 Å². The Labute approximate surface area is 119 Å². The Morgan fingerprint density at radius 2 is 2.16 bits per heavy atom. The zero-order valence-electron chi connectivity index (χ0n) is 11.0. The molecule has 3 rings (SSSR count). The number of fused-ring (bicyclic) bond motifs is 2. The molecular formula is C13H23ClN2O3. The van der Waals surface area contributed by atoms with Crippen LogP contribution in [-0.4, -0.2) is 52.0 Å². The topological polar surface area (TPSA) is 72.8 Å². The van der Waals surface area contributed by atoms with Crippen LogP contribution in [0.4, 0.5) is 4.79 Å². The highest BCUT2D eigenvalue weighted by atomic mass is 35.5. The van der Waals surface area contributed by atoms with E-state index >= 15 is 0 Å². The summed E-state index contributed by atoms with van der Waals surface area (Å²) in [6.45, 7) is 1.93. The molecule has 3 fully saturated rings. The minimum absolute atomic E-state index is 0. The SMILES string of the molecule is Cl.O=C(O)N1C2CCC1(C1CCCNC1)CC(O)C2. The first-order chi connectivity index (χ1) is 8.63. The lowest BCUT2D eigenvalue weighted by Crippen LogP contribution is -2.62. The Morgan fingerprint density at radius 3 is 2.79 bits per heavy atom. The van der Waals surface area contributed by atoms with Crippen LogP contribution in [-0.2, 0) is 0 Å². The molecule has 0 saturated carbocycles. The van der Waals surface area contributed by atoms with E-state index in [-0.39, 0.29) is 30.1 Å². The number of halogens is 1. The lowest BCUT2D eigenvalue weighted by molar-refractivity contribution is -0.0409. The molecule has 3 aliphatic heterocycles. The Hall–Kier alpha value is -0.520. The number of rotatable bonds is 1. The molecule has 4 unspecified atom stereocenters. The van der Waals surface area contributed by atoms with Crippen LogP contribution < -0.4 is 5.32 Å². The van der Waals surface area contributed by atoms with E-state index in [1.54, 1.807) is 4.90 Å². The number of piperidine rings is 2. The third-order valence-corrected chi connectivity index (χ3v) is 5.15. The van der Waals surface area contributed by atoms with Crippen molar-refractivity contribution in [2.75, 3.05) is 13.1 Å². The van der Waals surface area contributed by atoms with Gasteiger partial charge in [-0.3, -0.25) is 4.90 Å². The Balaban J connectivity index is 0.00000133. The highest BCUT2D eigenvalue weighted by Gasteiger charge is 2.57. The number of carbonyl (C=O) groups is 1. The van der Waals surface area contributed by atoms with Crippen molar-refractivity contribution in [2.45, 2.75) is 56.2 Å². The summed E-state index contributed by atoms with van der Waals surface area (Å²) >= 11 is 0. The maximum Gasteiger partial charge on any atom is 0.408 e. The average Bonchev–Trinajstić information content (AvgIpc) is 2.61. The summed E-state index contributed by atoms with van der Waals surface area (Å²) in [6, 6.07) is 0.0353. The number of hydrogen-bond donors (Lipinski definition) is 3. The van der Waals surface area contributed by atoms with Crippen molar-refractivity contribution in [3.05, 3.63) is 0 Å². The molecule has 0 aromatic heterocycles. The lowest BCUT2D eigenvalue weighted by atomic mass is 9.73. The number of aliphatic hydroxyl groups excluding tert-OH is 1. The first-order valence-electron chi connectivity index (χ1n) is 7.04. The highest BCUT2D eigenvalue weighted by molar-refractivity contribution is 5.85. The molecule has 0 aromatic rings. The van der Waals surface area contributed by atoms with E-state index in [1.807, 2.05) is 0 Å². The van der Waals surface area contributed by atoms with Crippen LogP contribution in [0.2, 0.25) is 0 Å². The van der Waals surface area contributed by atoms with E-state index in [4.69, 9.17) is 0 Å². The minimum atomic E-state index is -0.796. The Bertz CT molecular complexity index is 349. The van der Waals surface area contributed by atoms with Crippen molar-refractivity contribution in [3.8, 4) is 0 Å². The second-order valence-electron chi connectivity index (χ2n) is 6.09. The fourth-order valence-corrected chi connectivity index (χ4v) is 4.48. The van der Waals surface area contributed by atoms with Crippen LogP contribution >= 0.6 is 12.4 Å². The third kappa shape index (κ3) is 2.32. The smallest absolute Gasteiger partial charge is 0.408 e. The minimum Gasteiger partial charge on any atom is -0.465 e. The number of nitrogens with zero attached hydrogens (tertiary/aromatic N) is 1. The van der Waals surface area contributed by atoms with Crippen LogP contribution in [0.3, 0.4) is 0 Å². The van der Waals surface area contributed by atoms with Crippen molar-refractivity contribution < 1.29 is 15.0 Å². The van der Waals surface area contributed by atoms with E-state index in [0.717, 1.165) is 38.8 Å². The number of hydrogen-bond acceptors (Lipinski definition) is 3. The Morgan fingerprint density at radius 1 is 1.37 bits per heavy atom. The summed E-state index contributed by atoms with van der Waals surface area (Å²) in [4.78, 5) is 13.3. The second kappa shape index (κ2) is 5.46. The first kappa shape index (κ1) is 14.9. The predicted molar refractivity (Wildman–Crippen MR) is 73.7 cm³/mol. The number of amides is 1. The van der Waals surface area contributed by atoms with Crippen LogP contribution in [0.5, 0.6) is 0 Å². The van der Waals surface area contributed by atoms with Crippen LogP contribution in [0, 0.1) is 5.92 Å². The quantitative estimate of drug-likeness (QED) is 0.683. The molecule has 4 atom stereocenters. The van der Waals surface area contributed by atoms with Crippen LogP contribution in [0.1, 0.15) is 38.5 Å². The number of carboxylic acid groups (broad SMARTS) is 1. The van der Waals surface area contributed by atoms with Gasteiger partial charge in [0.15, 0.2) is 0 Å². The zero-order valence-corrected chi connectivity index (χ0v) is 11.9. The van der Waals surface area contributed by atoms with Gasteiger partial charge in [0.25, 0.3) is 0 Å². The van der Waals surface area contributed by atoms with Crippen molar-refractivity contribution in [3.63, 3.8) is 0 Å². The van der Waals surface area contributed by atoms with Crippen molar-refractivity contribution in [1.29, 1.82) is 0 Å². The summed E-state index contributed by atoms with van der Waals surface area (Å²) in [7, 11) is 0. The maximum atomic E-state index is 11.6. The van der Waals surface area contributed by atoms with Gasteiger partial charge in [0.05, 0.1) is 11.6 Å². The normalized spacial score (nSPS) is 41.7. The number of aliphatic hydroxyl groups is 1. The van der Waals surface area contributed by atoms with Crippen LogP contribution in [0.25, 0.3) is 0 Å². The van der Waals surface area contributed by atoms with Gasteiger partial charge in [0.1, 0.15) is 0 Å². The highest BCUT2D eigenvalue weighted by Crippen LogP contribution is 2.49. The molecule has 0 radical (unpaired) electrons. The van der Waals surface area contributed by atoms with Gasteiger partial charge in [-0.1, -0.05) is 0 Å². The molecule has 3 aliphatic rings. The van der Waals surface area contributed by atoms with Crippen molar-refractivity contribution in [2.24, 2.45) is 5.92 Å². The monoisotopic (exact) mass is 290 g/mol. The van der Waals surface area contributed by atoms with E-state index < -0.39 is 6.09 Å². The van der Waals surface area contributed by atoms with Crippen LogP contribution in [0.15, 0.2) is 0 Å². The van der Waals surface area contributed by atoms with E-state index in [9.17, 15) is 15.0 Å². The van der Waals surface area contributed by atoms with Gasteiger partial charge in [0, 0.05) is 12.6 Å². The van der Waals surface area contributed by atoms with Gasteiger partial charge in [-0.2, -0.15) is 0 Å². The molecule has 3 N–H and O–H groups in total. The van der Waals surface area contributed by atoms with Gasteiger partial charge >= 0.3 is 6.09 Å². The second-order valence-corrected chi connectivity index (χ2v) is 6.09. The maximum absolute atomic E-state index is 11.6. The zero-order chi connectivity index (χ0) is 12.8. The first-order valence-corrected chi connectivity index (χ1v) is 7.04. The van der Waals surface area contributed by atoms with E-state index in [1.165, 1.54) is 0 Å². The lowest BCUT2D eigenvalue weighted by Gasteiger charge is -2.50. The molecule has 1 amide bonds. The Kier molecular flexibility index (Phi) is 4.28. The largest absolute Gasteiger partial charge is 0.465 e. The summed E-state index contributed by atoms with van der Waals surface area (Å²) in [5.74, 6) is 0.363. The average molecular weight is 291 g/mol. The third-order valence-electron chi connectivity index (χ3n) is 5.15. The van der Waals surface area contributed by atoms with Gasteiger partial charge in [-0.15, -0.1) is 12.4 Å². The molecule has 0 spiro atoms. The van der Waals surface area contributed by atoms with E-state index in [0.29, 0.717) is 18.8 Å². The molecule has 6 heteroatoms. The summed E-state index contributed by atoms with van der Waals surface area (Å²) in [5, 5.41) is 23.0. The standard InChI is InChI=1S/C13H22N2O3.ClH/c16-11-6-10-3-4-13(7-11,15(10)12(17)18)9-2-1-5-14-8-9;/h9-11,14,16H,1-8H2,(H,17,18);1H. The summed E-state index contributed by atoms with van der Waals surface area (Å²) < 4.78 is 0. The van der Waals surface area contributed by atoms with Gasteiger partial charge in [-0.05, 0) is 51.0 Å². The molecule has 3 heterocycles. The van der Waals surface area contributed by atoms with Gasteiger partial charge in [-0.25, -0.2) is 4.79 Å². The molecule has 5 nitrogen and oxygen atoms in total. The number of nitrogens with one attached hydrogen (secondary N) is 1. The fourth-order valence-electron chi connectivity index (χ4n) is 4.48. The van der Waals surface area contributed by atoms with Crippen molar-refractivity contribution in [1.82, 2.24) is 10.2 Å². The van der Waals surface area contributed by atoms with E-state index in [2.05, 4.69) is 5.32 Å². The molecule has 19 heavy (non-hydrogen) atoms. The van der Waals surface area contributed by atoms with Gasteiger partial charge < -0.3 is 15.5 Å². The molecule has 3 saturated heterocycles. The summed E-state index contributed by atoms with van der Waals surface area (Å²) in [5.41, 5.74) is -0.304. The molecule has 0 aliphatic carbocycles. The van der Waals surface area contributed by atoms with Gasteiger partial charge in [0.2, 0.25) is 0 Å². The fraction of sp³-hybridized carbons (Fsp3) is 0.923.